The zero-order valence-electron chi connectivity index (χ0n) is 16.8. The standard InChI is InChI=1S/C22H32FN3O2/c1-16-12-19(14-20(23)13-16)22(28)25-15-17-6-9-26(10-7-17)11-8-24-21(27)18-4-2-3-5-18/h12-14,17-18H,2-11,15H2,1H3,(H,24,27)(H,25,28). The van der Waals surface area contributed by atoms with E-state index in [2.05, 4.69) is 15.5 Å². The number of halogens is 1. The van der Waals surface area contributed by atoms with Crippen molar-refractivity contribution in [2.45, 2.75) is 45.4 Å². The van der Waals surface area contributed by atoms with E-state index in [4.69, 9.17) is 0 Å². The minimum Gasteiger partial charge on any atom is -0.355 e. The van der Waals surface area contributed by atoms with Crippen molar-refractivity contribution in [1.29, 1.82) is 0 Å². The normalized spacial score (nSPS) is 18.9. The Labute approximate surface area is 167 Å². The van der Waals surface area contributed by atoms with Gasteiger partial charge in [0.15, 0.2) is 0 Å². The van der Waals surface area contributed by atoms with Gasteiger partial charge in [0.2, 0.25) is 5.91 Å². The molecule has 0 bridgehead atoms. The van der Waals surface area contributed by atoms with Gasteiger partial charge in [-0.2, -0.15) is 0 Å². The third-order valence-electron chi connectivity index (χ3n) is 6.02. The van der Waals surface area contributed by atoms with Crippen molar-refractivity contribution < 1.29 is 14.0 Å². The molecule has 0 unspecified atom stereocenters. The van der Waals surface area contributed by atoms with Crippen LogP contribution >= 0.6 is 0 Å². The van der Waals surface area contributed by atoms with E-state index >= 15 is 0 Å². The van der Waals surface area contributed by atoms with Gasteiger partial charge in [0.05, 0.1) is 0 Å². The molecular weight excluding hydrogens is 357 g/mol. The predicted octanol–water partition coefficient (Wildman–Crippen LogP) is 2.88. The van der Waals surface area contributed by atoms with Crippen LogP contribution in [0, 0.1) is 24.6 Å². The summed E-state index contributed by atoms with van der Waals surface area (Å²) in [6.45, 7) is 5.99. The first-order valence-corrected chi connectivity index (χ1v) is 10.6. The van der Waals surface area contributed by atoms with E-state index in [9.17, 15) is 14.0 Å². The van der Waals surface area contributed by atoms with Crippen LogP contribution in [0.4, 0.5) is 4.39 Å². The van der Waals surface area contributed by atoms with Gasteiger partial charge >= 0.3 is 0 Å². The molecule has 1 aromatic carbocycles. The fraction of sp³-hybridized carbons (Fsp3) is 0.636. The van der Waals surface area contributed by atoms with Gasteiger partial charge in [0.25, 0.3) is 5.91 Å². The highest BCUT2D eigenvalue weighted by Gasteiger charge is 2.23. The quantitative estimate of drug-likeness (QED) is 0.754. The first-order chi connectivity index (χ1) is 13.5. The minimum atomic E-state index is -0.376. The van der Waals surface area contributed by atoms with Gasteiger partial charge in [-0.25, -0.2) is 4.39 Å². The van der Waals surface area contributed by atoms with Crippen molar-refractivity contribution in [3.05, 3.63) is 35.1 Å². The highest BCUT2D eigenvalue weighted by atomic mass is 19.1. The molecule has 1 aromatic rings. The zero-order valence-corrected chi connectivity index (χ0v) is 16.8. The van der Waals surface area contributed by atoms with E-state index in [1.165, 1.54) is 25.0 Å². The van der Waals surface area contributed by atoms with Crippen LogP contribution in [0.15, 0.2) is 18.2 Å². The van der Waals surface area contributed by atoms with Crippen LogP contribution < -0.4 is 10.6 Å². The van der Waals surface area contributed by atoms with E-state index in [1.807, 2.05) is 0 Å². The first-order valence-electron chi connectivity index (χ1n) is 10.6. The molecule has 0 aromatic heterocycles. The number of piperidine rings is 1. The molecule has 3 rings (SSSR count). The maximum absolute atomic E-state index is 13.5. The maximum Gasteiger partial charge on any atom is 0.251 e. The molecule has 1 saturated heterocycles. The number of carbonyl (C=O) groups is 2. The van der Waals surface area contributed by atoms with Crippen LogP contribution in [0.1, 0.15) is 54.4 Å². The number of carbonyl (C=O) groups excluding carboxylic acids is 2. The highest BCUT2D eigenvalue weighted by Crippen LogP contribution is 2.24. The van der Waals surface area contributed by atoms with Gasteiger partial charge in [-0.15, -0.1) is 0 Å². The number of hydrogen-bond acceptors (Lipinski definition) is 3. The first kappa shape index (κ1) is 20.8. The molecule has 2 fully saturated rings. The molecule has 0 atom stereocenters. The predicted molar refractivity (Wildman–Crippen MR) is 108 cm³/mol. The fourth-order valence-electron chi connectivity index (χ4n) is 4.29. The third-order valence-corrected chi connectivity index (χ3v) is 6.02. The van der Waals surface area contributed by atoms with Crippen molar-refractivity contribution in [3.63, 3.8) is 0 Å². The summed E-state index contributed by atoms with van der Waals surface area (Å²) >= 11 is 0. The molecule has 6 heteroatoms. The number of hydrogen-bond donors (Lipinski definition) is 2. The molecule has 1 aliphatic carbocycles. The second-order valence-electron chi connectivity index (χ2n) is 8.28. The summed E-state index contributed by atoms with van der Waals surface area (Å²) in [4.78, 5) is 26.7. The molecule has 0 radical (unpaired) electrons. The molecule has 28 heavy (non-hydrogen) atoms. The Bertz CT molecular complexity index is 660. The van der Waals surface area contributed by atoms with E-state index in [1.54, 1.807) is 13.0 Å². The number of benzene rings is 1. The Balaban J connectivity index is 1.31. The van der Waals surface area contributed by atoms with E-state index in [0.717, 1.165) is 57.4 Å². The van der Waals surface area contributed by atoms with Crippen LogP contribution in [0.5, 0.6) is 0 Å². The lowest BCUT2D eigenvalue weighted by Crippen LogP contribution is -2.42. The Hall–Kier alpha value is -1.95. The highest BCUT2D eigenvalue weighted by molar-refractivity contribution is 5.94. The summed E-state index contributed by atoms with van der Waals surface area (Å²) in [7, 11) is 0. The van der Waals surface area contributed by atoms with Crippen molar-refractivity contribution in [3.8, 4) is 0 Å². The van der Waals surface area contributed by atoms with Crippen molar-refractivity contribution in [1.82, 2.24) is 15.5 Å². The van der Waals surface area contributed by atoms with Gasteiger partial charge in [-0.3, -0.25) is 9.59 Å². The smallest absolute Gasteiger partial charge is 0.251 e. The molecule has 154 valence electrons. The lowest BCUT2D eigenvalue weighted by molar-refractivity contribution is -0.124. The molecule has 0 spiro atoms. The van der Waals surface area contributed by atoms with Crippen LogP contribution in [-0.4, -0.2) is 49.4 Å². The molecule has 5 nitrogen and oxygen atoms in total. The van der Waals surface area contributed by atoms with Crippen LogP contribution in [0.25, 0.3) is 0 Å². The summed E-state index contributed by atoms with van der Waals surface area (Å²) < 4.78 is 13.5. The van der Waals surface area contributed by atoms with Crippen LogP contribution in [-0.2, 0) is 4.79 Å². The largest absolute Gasteiger partial charge is 0.355 e. The van der Waals surface area contributed by atoms with Gasteiger partial charge in [-0.1, -0.05) is 12.8 Å². The molecule has 2 N–H and O–H groups in total. The van der Waals surface area contributed by atoms with Gasteiger partial charge in [0.1, 0.15) is 5.82 Å². The Morgan fingerprint density at radius 1 is 1.07 bits per heavy atom. The van der Waals surface area contributed by atoms with Crippen molar-refractivity contribution >= 4 is 11.8 Å². The average Bonchev–Trinajstić information content (AvgIpc) is 3.21. The minimum absolute atomic E-state index is 0.209. The molecule has 1 saturated carbocycles. The molecular formula is C22H32FN3O2. The zero-order chi connectivity index (χ0) is 19.9. The molecule has 2 amide bonds. The summed E-state index contributed by atoms with van der Waals surface area (Å²) in [5.41, 5.74) is 1.13. The van der Waals surface area contributed by atoms with Gasteiger partial charge in [-0.05, 0) is 75.4 Å². The molecule has 1 heterocycles. The summed E-state index contributed by atoms with van der Waals surface area (Å²) in [5.74, 6) is 0.319. The average molecular weight is 390 g/mol. The Morgan fingerprint density at radius 2 is 1.79 bits per heavy atom. The Morgan fingerprint density at radius 3 is 2.46 bits per heavy atom. The van der Waals surface area contributed by atoms with E-state index in [-0.39, 0.29) is 23.5 Å². The van der Waals surface area contributed by atoms with Gasteiger partial charge < -0.3 is 15.5 Å². The van der Waals surface area contributed by atoms with Crippen LogP contribution in [0.3, 0.4) is 0 Å². The third kappa shape index (κ3) is 6.03. The summed E-state index contributed by atoms with van der Waals surface area (Å²) in [5, 5.41) is 6.03. The number of nitrogens with zero attached hydrogens (tertiary/aromatic N) is 1. The summed E-state index contributed by atoms with van der Waals surface area (Å²) in [6.07, 6.45) is 6.50. The number of aryl methyl sites for hydroxylation is 1. The number of amides is 2. The molecule has 1 aliphatic heterocycles. The lowest BCUT2D eigenvalue weighted by atomic mass is 9.96. The topological polar surface area (TPSA) is 61.4 Å². The van der Waals surface area contributed by atoms with E-state index < -0.39 is 0 Å². The lowest BCUT2D eigenvalue weighted by Gasteiger charge is -2.32. The van der Waals surface area contributed by atoms with E-state index in [0.29, 0.717) is 18.0 Å². The number of nitrogens with one attached hydrogen (secondary N) is 2. The van der Waals surface area contributed by atoms with Crippen molar-refractivity contribution in [2.75, 3.05) is 32.7 Å². The summed E-state index contributed by atoms with van der Waals surface area (Å²) in [6, 6.07) is 4.41. The Kier molecular flexibility index (Phi) is 7.43. The number of rotatable bonds is 7. The fourth-order valence-corrected chi connectivity index (χ4v) is 4.29. The SMILES string of the molecule is Cc1cc(F)cc(C(=O)NCC2CCN(CCNC(=O)C3CCCC3)CC2)c1. The maximum atomic E-state index is 13.5. The van der Waals surface area contributed by atoms with Gasteiger partial charge in [0, 0.05) is 31.1 Å². The molecule has 2 aliphatic rings. The van der Waals surface area contributed by atoms with Crippen molar-refractivity contribution in [2.24, 2.45) is 11.8 Å². The number of likely N-dealkylation sites (tertiary alicyclic amines) is 1. The monoisotopic (exact) mass is 389 g/mol. The second-order valence-corrected chi connectivity index (χ2v) is 8.28. The second kappa shape index (κ2) is 10.0. The van der Waals surface area contributed by atoms with Crippen LogP contribution in [0.2, 0.25) is 0 Å².